The fourth-order valence-electron chi connectivity index (χ4n) is 4.03. The zero-order valence-electron chi connectivity index (χ0n) is 14.0. The number of aliphatic hydroxyl groups is 1. The number of alkyl halides is 3. The molecular formula is C20H16Cl2F3NO. The number of aliphatic hydroxyl groups excluding tert-OH is 1. The van der Waals surface area contributed by atoms with Crippen molar-refractivity contribution in [3.8, 4) is 0 Å². The Bertz CT molecular complexity index is 913. The molecule has 4 rings (SSSR count). The van der Waals surface area contributed by atoms with Crippen LogP contribution in [0.25, 0.3) is 0 Å². The summed E-state index contributed by atoms with van der Waals surface area (Å²) in [6.45, 7) is 0. The zero-order chi connectivity index (χ0) is 19.3. The molecule has 2 aromatic rings. The molecule has 1 aliphatic carbocycles. The van der Waals surface area contributed by atoms with E-state index in [4.69, 9.17) is 23.2 Å². The second-order valence-electron chi connectivity index (χ2n) is 6.93. The maximum atomic E-state index is 12.9. The predicted octanol–water partition coefficient (Wildman–Crippen LogP) is 6.42. The summed E-state index contributed by atoms with van der Waals surface area (Å²) in [5.41, 5.74) is 2.27. The number of anilines is 1. The van der Waals surface area contributed by atoms with Crippen LogP contribution < -0.4 is 5.32 Å². The van der Waals surface area contributed by atoms with Crippen molar-refractivity contribution in [1.82, 2.24) is 0 Å². The van der Waals surface area contributed by atoms with Gasteiger partial charge in [-0.3, -0.25) is 0 Å². The smallest absolute Gasteiger partial charge is 0.379 e. The van der Waals surface area contributed by atoms with Crippen molar-refractivity contribution in [2.24, 2.45) is 5.92 Å². The zero-order valence-corrected chi connectivity index (χ0v) is 15.5. The van der Waals surface area contributed by atoms with Crippen LogP contribution in [0.2, 0.25) is 10.0 Å². The van der Waals surface area contributed by atoms with Gasteiger partial charge < -0.3 is 10.4 Å². The Morgan fingerprint density at radius 2 is 1.85 bits per heavy atom. The highest BCUT2D eigenvalue weighted by Crippen LogP contribution is 2.51. The molecule has 2 nitrogen and oxygen atoms in total. The second kappa shape index (κ2) is 6.73. The molecule has 2 aliphatic rings. The molecule has 2 aromatic carbocycles. The van der Waals surface area contributed by atoms with Crippen LogP contribution in [0.15, 0.2) is 48.6 Å². The van der Waals surface area contributed by atoms with E-state index in [1.807, 2.05) is 18.2 Å². The highest BCUT2D eigenvalue weighted by Gasteiger charge is 2.42. The van der Waals surface area contributed by atoms with E-state index in [2.05, 4.69) is 5.32 Å². The molecule has 4 unspecified atom stereocenters. The van der Waals surface area contributed by atoms with Crippen LogP contribution in [-0.2, 0) is 0 Å². The largest absolute Gasteiger partial charge is 0.418 e. The Labute approximate surface area is 164 Å². The normalized spacial score (nSPS) is 24.9. The minimum atomic E-state index is -4.69. The number of benzene rings is 2. The summed E-state index contributed by atoms with van der Waals surface area (Å²) in [7, 11) is 0. The van der Waals surface area contributed by atoms with Gasteiger partial charge in [0.2, 0.25) is 0 Å². The molecule has 4 atom stereocenters. The van der Waals surface area contributed by atoms with E-state index in [9.17, 15) is 18.3 Å². The number of halogens is 5. The lowest BCUT2D eigenvalue weighted by atomic mass is 9.76. The number of hydrogen-bond donors (Lipinski definition) is 2. The van der Waals surface area contributed by atoms with Gasteiger partial charge in [0.1, 0.15) is 0 Å². The first-order valence-electron chi connectivity index (χ1n) is 8.52. The van der Waals surface area contributed by atoms with Gasteiger partial charge in [-0.1, -0.05) is 53.6 Å². The van der Waals surface area contributed by atoms with E-state index in [1.165, 1.54) is 12.1 Å². The molecule has 27 heavy (non-hydrogen) atoms. The fourth-order valence-corrected chi connectivity index (χ4v) is 4.56. The summed E-state index contributed by atoms with van der Waals surface area (Å²) in [6, 6.07) is 9.62. The van der Waals surface area contributed by atoms with Crippen LogP contribution in [0, 0.1) is 5.92 Å². The lowest BCUT2D eigenvalue weighted by Gasteiger charge is -2.38. The van der Waals surface area contributed by atoms with Gasteiger partial charge in [-0.2, -0.15) is 13.2 Å². The molecule has 0 saturated heterocycles. The van der Waals surface area contributed by atoms with E-state index in [1.54, 1.807) is 18.2 Å². The third-order valence-corrected chi connectivity index (χ3v) is 5.87. The molecule has 0 amide bonds. The number of fused-ring (bicyclic) bond motifs is 3. The Morgan fingerprint density at radius 3 is 2.56 bits per heavy atom. The molecule has 0 fully saturated rings. The van der Waals surface area contributed by atoms with E-state index >= 15 is 0 Å². The summed E-state index contributed by atoms with van der Waals surface area (Å²) in [6.07, 6.45) is -2.34. The highest BCUT2D eigenvalue weighted by atomic mass is 35.5. The van der Waals surface area contributed by atoms with Crippen molar-refractivity contribution in [2.75, 3.05) is 5.32 Å². The standard InChI is InChI=1S/C20H16Cl2F3NO/c21-11-5-6-14(16(22)9-11)18-13-3-1-2-12(13)15-8-10(4-7-17(15)26-18)19(27)20(23,24)25/h1-2,4-9,12-13,18-19,26-27H,3H2. The lowest BCUT2D eigenvalue weighted by Crippen LogP contribution is -2.29. The third kappa shape index (κ3) is 3.33. The molecular weight excluding hydrogens is 398 g/mol. The molecule has 0 radical (unpaired) electrons. The Kier molecular flexibility index (Phi) is 4.65. The minimum absolute atomic E-state index is 0.0432. The van der Waals surface area contributed by atoms with Gasteiger partial charge in [0.25, 0.3) is 0 Å². The van der Waals surface area contributed by atoms with Gasteiger partial charge in [0.05, 0.1) is 6.04 Å². The molecule has 142 valence electrons. The maximum Gasteiger partial charge on any atom is 0.418 e. The molecule has 2 N–H and O–H groups in total. The van der Waals surface area contributed by atoms with E-state index in [-0.39, 0.29) is 23.4 Å². The third-order valence-electron chi connectivity index (χ3n) is 5.31. The SMILES string of the molecule is OC(c1ccc2c(c1)C1C=CCC1C(c1ccc(Cl)cc1Cl)N2)C(F)(F)F. The summed E-state index contributed by atoms with van der Waals surface area (Å²) >= 11 is 12.4. The van der Waals surface area contributed by atoms with Gasteiger partial charge >= 0.3 is 6.18 Å². The minimum Gasteiger partial charge on any atom is -0.379 e. The van der Waals surface area contributed by atoms with Crippen LogP contribution in [0.4, 0.5) is 18.9 Å². The number of rotatable bonds is 2. The molecule has 0 aromatic heterocycles. The topological polar surface area (TPSA) is 32.3 Å². The highest BCUT2D eigenvalue weighted by molar-refractivity contribution is 6.35. The number of hydrogen-bond acceptors (Lipinski definition) is 2. The van der Waals surface area contributed by atoms with Crippen molar-refractivity contribution in [3.05, 3.63) is 75.3 Å². The van der Waals surface area contributed by atoms with Gasteiger partial charge in [-0.05, 0) is 47.2 Å². The first-order chi connectivity index (χ1) is 12.8. The lowest BCUT2D eigenvalue weighted by molar-refractivity contribution is -0.206. The van der Waals surface area contributed by atoms with Crippen LogP contribution >= 0.6 is 23.2 Å². The molecule has 1 heterocycles. The van der Waals surface area contributed by atoms with Gasteiger partial charge in [-0.25, -0.2) is 0 Å². The first-order valence-corrected chi connectivity index (χ1v) is 9.28. The van der Waals surface area contributed by atoms with Crippen LogP contribution in [0.5, 0.6) is 0 Å². The summed E-state index contributed by atoms with van der Waals surface area (Å²) in [5, 5.41) is 14.1. The average molecular weight is 414 g/mol. The summed E-state index contributed by atoms with van der Waals surface area (Å²) < 4.78 is 38.7. The second-order valence-corrected chi connectivity index (χ2v) is 7.78. The molecule has 7 heteroatoms. The van der Waals surface area contributed by atoms with Crippen molar-refractivity contribution >= 4 is 28.9 Å². The quantitative estimate of drug-likeness (QED) is 0.557. The Balaban J connectivity index is 1.74. The van der Waals surface area contributed by atoms with Crippen molar-refractivity contribution in [1.29, 1.82) is 0 Å². The fraction of sp³-hybridized carbons (Fsp3) is 0.300. The molecule has 0 bridgehead atoms. The summed E-state index contributed by atoms with van der Waals surface area (Å²) in [5.74, 6) is 0.0767. The van der Waals surface area contributed by atoms with E-state index in [0.717, 1.165) is 23.2 Å². The monoisotopic (exact) mass is 413 g/mol. The molecule has 1 aliphatic heterocycles. The van der Waals surface area contributed by atoms with Crippen LogP contribution in [-0.4, -0.2) is 11.3 Å². The van der Waals surface area contributed by atoms with Gasteiger partial charge in [0, 0.05) is 21.7 Å². The first kappa shape index (κ1) is 18.7. The molecule has 0 spiro atoms. The Hall–Kier alpha value is -1.69. The molecule has 0 saturated carbocycles. The number of nitrogens with one attached hydrogen (secondary N) is 1. The van der Waals surface area contributed by atoms with Crippen molar-refractivity contribution in [2.45, 2.75) is 30.7 Å². The van der Waals surface area contributed by atoms with Crippen LogP contribution in [0.1, 0.15) is 41.2 Å². The van der Waals surface area contributed by atoms with E-state index in [0.29, 0.717) is 10.0 Å². The van der Waals surface area contributed by atoms with Crippen LogP contribution in [0.3, 0.4) is 0 Å². The van der Waals surface area contributed by atoms with Gasteiger partial charge in [0.15, 0.2) is 6.10 Å². The maximum absolute atomic E-state index is 12.9. The van der Waals surface area contributed by atoms with E-state index < -0.39 is 12.3 Å². The number of allylic oxidation sites excluding steroid dienone is 2. The predicted molar refractivity (Wildman–Crippen MR) is 100 cm³/mol. The Morgan fingerprint density at radius 1 is 1.07 bits per heavy atom. The van der Waals surface area contributed by atoms with Gasteiger partial charge in [-0.15, -0.1) is 0 Å². The summed E-state index contributed by atoms with van der Waals surface area (Å²) in [4.78, 5) is 0. The van der Waals surface area contributed by atoms with Crippen molar-refractivity contribution < 1.29 is 18.3 Å². The van der Waals surface area contributed by atoms with Crippen molar-refractivity contribution in [3.63, 3.8) is 0 Å². The average Bonchev–Trinajstić information content (AvgIpc) is 3.09.